The maximum absolute atomic E-state index is 13.1. The summed E-state index contributed by atoms with van der Waals surface area (Å²) < 4.78 is 13.1. The monoisotopic (exact) mass is 483 g/mol. The van der Waals surface area contributed by atoms with E-state index in [4.69, 9.17) is 9.97 Å². The van der Waals surface area contributed by atoms with Crippen LogP contribution in [-0.2, 0) is 6.54 Å². The largest absolute Gasteiger partial charge is 0.365 e. The third kappa shape index (κ3) is 5.62. The quantitative estimate of drug-likeness (QED) is 0.336. The minimum atomic E-state index is -0.367. The number of anilines is 3. The van der Waals surface area contributed by atoms with Gasteiger partial charge in [-0.25, -0.2) is 9.37 Å². The molecule has 1 fully saturated rings. The number of halogens is 1. The van der Waals surface area contributed by atoms with Crippen molar-refractivity contribution in [1.29, 1.82) is 0 Å². The van der Waals surface area contributed by atoms with Gasteiger partial charge in [0, 0.05) is 36.3 Å². The predicted octanol–water partition coefficient (Wildman–Crippen LogP) is 6.32. The molecular weight excluding hydrogens is 453 g/mol. The van der Waals surface area contributed by atoms with Crippen LogP contribution in [0.5, 0.6) is 0 Å². The number of carbonyl (C=O) groups is 1. The second-order valence-electron chi connectivity index (χ2n) is 9.31. The minimum absolute atomic E-state index is 0.273. The summed E-state index contributed by atoms with van der Waals surface area (Å²) in [7, 11) is 0. The van der Waals surface area contributed by atoms with Gasteiger partial charge in [-0.05, 0) is 79.4 Å². The summed E-state index contributed by atoms with van der Waals surface area (Å²) in [6.07, 6.45) is 4.85. The van der Waals surface area contributed by atoms with Gasteiger partial charge in [0.15, 0.2) is 0 Å². The van der Waals surface area contributed by atoms with E-state index in [1.807, 2.05) is 24.3 Å². The van der Waals surface area contributed by atoms with E-state index in [1.54, 1.807) is 0 Å². The first-order valence-electron chi connectivity index (χ1n) is 12.5. The summed E-state index contributed by atoms with van der Waals surface area (Å²) in [5, 5.41) is 7.36. The highest BCUT2D eigenvalue weighted by Crippen LogP contribution is 2.26. The van der Waals surface area contributed by atoms with Crippen LogP contribution in [0.2, 0.25) is 0 Å². The highest BCUT2D eigenvalue weighted by Gasteiger charge is 2.16. The Morgan fingerprint density at radius 1 is 0.917 bits per heavy atom. The third-order valence-corrected chi connectivity index (χ3v) is 6.51. The lowest BCUT2D eigenvalue weighted by atomic mass is 10.1. The van der Waals surface area contributed by atoms with Gasteiger partial charge in [-0.3, -0.25) is 4.79 Å². The lowest BCUT2D eigenvalue weighted by Crippen LogP contribution is -2.26. The van der Waals surface area contributed by atoms with Crippen LogP contribution in [0, 0.1) is 12.7 Å². The SMILES string of the molecule is Cc1ccc2c(NCc3ccc(NC(=O)c4ccc(F)cc4)cc3)nc(N3CCCCCC3)nc2c1. The standard InChI is InChI=1S/C29H30FN5O/c1-20-6-15-25-26(18-20)33-29(35-16-4-2-3-5-17-35)34-27(25)31-19-21-7-13-24(14-8-21)32-28(36)22-9-11-23(30)12-10-22/h6-15,18H,2-5,16-17,19H2,1H3,(H,32,36)(H,31,33,34). The van der Waals surface area contributed by atoms with Crippen LogP contribution < -0.4 is 15.5 Å². The molecular formula is C29H30FN5O. The molecule has 0 spiro atoms. The zero-order valence-corrected chi connectivity index (χ0v) is 20.4. The van der Waals surface area contributed by atoms with Crippen LogP contribution in [-0.4, -0.2) is 29.0 Å². The number of rotatable bonds is 6. The molecule has 1 saturated heterocycles. The number of nitrogens with zero attached hydrogens (tertiary/aromatic N) is 3. The topological polar surface area (TPSA) is 70.2 Å². The number of amides is 1. The summed E-state index contributed by atoms with van der Waals surface area (Å²) in [6.45, 7) is 4.64. The average Bonchev–Trinajstić information content (AvgIpc) is 3.18. The van der Waals surface area contributed by atoms with Gasteiger partial charge in [-0.1, -0.05) is 31.0 Å². The van der Waals surface area contributed by atoms with Crippen LogP contribution >= 0.6 is 0 Å². The van der Waals surface area contributed by atoms with Crippen LogP contribution in [0.4, 0.5) is 21.8 Å². The van der Waals surface area contributed by atoms with Gasteiger partial charge in [0.1, 0.15) is 11.6 Å². The zero-order valence-electron chi connectivity index (χ0n) is 20.4. The lowest BCUT2D eigenvalue weighted by Gasteiger charge is -2.22. The van der Waals surface area contributed by atoms with Crippen molar-refractivity contribution in [2.75, 3.05) is 28.6 Å². The smallest absolute Gasteiger partial charge is 0.255 e. The predicted molar refractivity (Wildman–Crippen MR) is 143 cm³/mol. The molecule has 0 saturated carbocycles. The second kappa shape index (κ2) is 10.7. The average molecular weight is 484 g/mol. The molecule has 3 aromatic carbocycles. The molecule has 0 atom stereocenters. The summed E-state index contributed by atoms with van der Waals surface area (Å²) in [5.74, 6) is 0.975. The van der Waals surface area contributed by atoms with E-state index in [9.17, 15) is 9.18 Å². The summed E-state index contributed by atoms with van der Waals surface area (Å²) >= 11 is 0. The van der Waals surface area contributed by atoms with Gasteiger partial charge >= 0.3 is 0 Å². The fourth-order valence-corrected chi connectivity index (χ4v) is 4.47. The van der Waals surface area contributed by atoms with Crippen molar-refractivity contribution >= 4 is 34.3 Å². The first kappa shape index (κ1) is 23.7. The van der Waals surface area contributed by atoms with E-state index in [0.717, 1.165) is 41.3 Å². The molecule has 6 nitrogen and oxygen atoms in total. The van der Waals surface area contributed by atoms with E-state index in [2.05, 4.69) is 40.7 Å². The van der Waals surface area contributed by atoms with E-state index >= 15 is 0 Å². The van der Waals surface area contributed by atoms with Crippen LogP contribution in [0.25, 0.3) is 10.9 Å². The number of aryl methyl sites for hydroxylation is 1. The Balaban J connectivity index is 1.31. The summed E-state index contributed by atoms with van der Waals surface area (Å²) in [4.78, 5) is 24.5. The number of hydrogen-bond acceptors (Lipinski definition) is 5. The fraction of sp³-hybridized carbons (Fsp3) is 0.276. The molecule has 36 heavy (non-hydrogen) atoms. The molecule has 1 aliphatic rings. The number of fused-ring (bicyclic) bond motifs is 1. The number of benzene rings is 3. The van der Waals surface area contributed by atoms with Crippen LogP contribution in [0.1, 0.15) is 47.2 Å². The van der Waals surface area contributed by atoms with Gasteiger partial charge in [0.2, 0.25) is 5.95 Å². The molecule has 1 aliphatic heterocycles. The number of hydrogen-bond donors (Lipinski definition) is 2. The number of nitrogens with one attached hydrogen (secondary N) is 2. The fourth-order valence-electron chi connectivity index (χ4n) is 4.47. The Kier molecular flexibility index (Phi) is 7.07. The lowest BCUT2D eigenvalue weighted by molar-refractivity contribution is 0.102. The van der Waals surface area contributed by atoms with Gasteiger partial charge in [0.05, 0.1) is 5.52 Å². The zero-order chi connectivity index (χ0) is 24.9. The van der Waals surface area contributed by atoms with Gasteiger partial charge < -0.3 is 15.5 Å². The van der Waals surface area contributed by atoms with E-state index in [-0.39, 0.29) is 11.7 Å². The Bertz CT molecular complexity index is 1350. The number of aromatic nitrogens is 2. The van der Waals surface area contributed by atoms with Crippen LogP contribution in [0.15, 0.2) is 66.7 Å². The van der Waals surface area contributed by atoms with Gasteiger partial charge in [0.25, 0.3) is 5.91 Å². The molecule has 0 unspecified atom stereocenters. The Morgan fingerprint density at radius 3 is 2.36 bits per heavy atom. The first-order valence-corrected chi connectivity index (χ1v) is 12.5. The number of carbonyl (C=O) groups excluding carboxylic acids is 1. The van der Waals surface area contributed by atoms with Crippen molar-refractivity contribution in [3.63, 3.8) is 0 Å². The summed E-state index contributed by atoms with van der Waals surface area (Å²) in [6, 6.07) is 19.4. The molecule has 4 aromatic rings. The highest BCUT2D eigenvalue weighted by molar-refractivity contribution is 6.04. The molecule has 1 amide bonds. The molecule has 0 aliphatic carbocycles. The van der Waals surface area contributed by atoms with Crippen LogP contribution in [0.3, 0.4) is 0 Å². The normalized spacial score (nSPS) is 13.9. The maximum atomic E-state index is 13.1. The molecule has 5 rings (SSSR count). The molecule has 7 heteroatoms. The first-order chi connectivity index (χ1) is 17.5. The van der Waals surface area contributed by atoms with Crippen molar-refractivity contribution in [2.24, 2.45) is 0 Å². The molecule has 184 valence electrons. The van der Waals surface area contributed by atoms with E-state index < -0.39 is 0 Å². The Hall–Kier alpha value is -4.00. The second-order valence-corrected chi connectivity index (χ2v) is 9.31. The van der Waals surface area contributed by atoms with Gasteiger partial charge in [-0.15, -0.1) is 0 Å². The maximum Gasteiger partial charge on any atom is 0.255 e. The summed E-state index contributed by atoms with van der Waals surface area (Å²) in [5.41, 5.74) is 4.27. The molecule has 2 N–H and O–H groups in total. The van der Waals surface area contributed by atoms with Gasteiger partial charge in [-0.2, -0.15) is 4.98 Å². The Labute approximate surface area is 210 Å². The van der Waals surface area contributed by atoms with E-state index in [1.165, 1.54) is 55.5 Å². The van der Waals surface area contributed by atoms with Crippen molar-refractivity contribution < 1.29 is 9.18 Å². The minimum Gasteiger partial charge on any atom is -0.365 e. The van der Waals surface area contributed by atoms with Crippen molar-refractivity contribution in [2.45, 2.75) is 39.2 Å². The molecule has 2 heterocycles. The Morgan fingerprint density at radius 2 is 1.64 bits per heavy atom. The van der Waals surface area contributed by atoms with E-state index in [0.29, 0.717) is 17.8 Å². The third-order valence-electron chi connectivity index (χ3n) is 6.51. The molecule has 0 bridgehead atoms. The highest BCUT2D eigenvalue weighted by atomic mass is 19.1. The molecule has 1 aromatic heterocycles. The van der Waals surface area contributed by atoms with Crippen molar-refractivity contribution in [3.05, 3.63) is 89.2 Å². The van der Waals surface area contributed by atoms with Crippen molar-refractivity contribution in [3.8, 4) is 0 Å². The van der Waals surface area contributed by atoms with Crippen molar-refractivity contribution in [1.82, 2.24) is 9.97 Å². The molecule has 0 radical (unpaired) electrons.